The van der Waals surface area contributed by atoms with Crippen LogP contribution in [0.25, 0.3) is 6.08 Å². The van der Waals surface area contributed by atoms with E-state index in [2.05, 4.69) is 0 Å². The Kier molecular flexibility index (Phi) is 3.12. The molecule has 0 aliphatic carbocycles. The van der Waals surface area contributed by atoms with E-state index < -0.39 is 0 Å². The van der Waals surface area contributed by atoms with Crippen molar-refractivity contribution >= 4 is 6.08 Å². The van der Waals surface area contributed by atoms with E-state index in [0.29, 0.717) is 0 Å². The highest BCUT2D eigenvalue weighted by atomic mass is 16.8. The molecule has 1 saturated heterocycles. The molecule has 2 unspecified atom stereocenters. The molecule has 17 heavy (non-hydrogen) atoms. The third kappa shape index (κ3) is 2.51. The van der Waals surface area contributed by atoms with Crippen molar-refractivity contribution in [2.75, 3.05) is 6.61 Å². The third-order valence-electron chi connectivity index (χ3n) is 3.02. The highest BCUT2D eigenvalue weighted by Gasteiger charge is 2.21. The summed E-state index contributed by atoms with van der Waals surface area (Å²) in [6.45, 7) is 0.789. The molecule has 2 aliphatic heterocycles. The predicted molar refractivity (Wildman–Crippen MR) is 64.6 cm³/mol. The Morgan fingerprint density at radius 1 is 1.18 bits per heavy atom. The van der Waals surface area contributed by atoms with E-state index in [1.807, 2.05) is 36.4 Å². The number of para-hydroxylation sites is 1. The van der Waals surface area contributed by atoms with Crippen LogP contribution in [0.15, 0.2) is 30.3 Å². The fourth-order valence-electron chi connectivity index (χ4n) is 2.11. The minimum Gasteiger partial charge on any atom is -0.461 e. The largest absolute Gasteiger partial charge is 0.461 e. The Labute approximate surface area is 101 Å². The van der Waals surface area contributed by atoms with E-state index in [-0.39, 0.29) is 12.6 Å². The molecular weight excluding hydrogens is 216 g/mol. The molecule has 0 radical (unpaired) electrons. The Hall–Kier alpha value is -1.32. The fraction of sp³-hybridized carbons (Fsp3) is 0.429. The van der Waals surface area contributed by atoms with Crippen molar-refractivity contribution in [3.8, 4) is 5.75 Å². The van der Waals surface area contributed by atoms with Gasteiger partial charge in [0.2, 0.25) is 6.29 Å². The molecule has 2 atom stereocenters. The fourth-order valence-corrected chi connectivity index (χ4v) is 2.11. The standard InChI is InChI=1S/C14H16O3/c1-2-6-12-11(5-1)8-9-14(16-12)17-13-7-3-4-10-15-13/h1-2,5-6,8-9,13-14H,3-4,7,10H2. The number of fused-ring (bicyclic) bond motifs is 1. The molecule has 0 N–H and O–H groups in total. The van der Waals surface area contributed by atoms with Crippen molar-refractivity contribution in [1.29, 1.82) is 0 Å². The zero-order chi connectivity index (χ0) is 11.5. The molecule has 1 aromatic rings. The summed E-state index contributed by atoms with van der Waals surface area (Å²) in [5.41, 5.74) is 1.09. The maximum absolute atomic E-state index is 5.76. The monoisotopic (exact) mass is 232 g/mol. The zero-order valence-electron chi connectivity index (χ0n) is 9.67. The lowest BCUT2D eigenvalue weighted by molar-refractivity contribution is -0.216. The van der Waals surface area contributed by atoms with Crippen LogP contribution < -0.4 is 4.74 Å². The summed E-state index contributed by atoms with van der Waals surface area (Å²) in [4.78, 5) is 0. The van der Waals surface area contributed by atoms with Gasteiger partial charge in [0.05, 0.1) is 0 Å². The van der Waals surface area contributed by atoms with Gasteiger partial charge in [-0.25, -0.2) is 0 Å². The van der Waals surface area contributed by atoms with Gasteiger partial charge in [-0.15, -0.1) is 0 Å². The Morgan fingerprint density at radius 2 is 2.12 bits per heavy atom. The van der Waals surface area contributed by atoms with Crippen molar-refractivity contribution in [3.63, 3.8) is 0 Å². The van der Waals surface area contributed by atoms with Crippen LogP contribution in [0.2, 0.25) is 0 Å². The highest BCUT2D eigenvalue weighted by Crippen LogP contribution is 2.27. The molecule has 0 amide bonds. The van der Waals surface area contributed by atoms with Gasteiger partial charge in [0.1, 0.15) is 5.75 Å². The van der Waals surface area contributed by atoms with E-state index >= 15 is 0 Å². The summed E-state index contributed by atoms with van der Waals surface area (Å²) >= 11 is 0. The van der Waals surface area contributed by atoms with Gasteiger partial charge in [0.15, 0.2) is 6.29 Å². The van der Waals surface area contributed by atoms with Crippen LogP contribution in [0.3, 0.4) is 0 Å². The van der Waals surface area contributed by atoms with Crippen molar-refractivity contribution in [2.24, 2.45) is 0 Å². The summed E-state index contributed by atoms with van der Waals surface area (Å²) in [5, 5.41) is 0. The smallest absolute Gasteiger partial charge is 0.222 e. The van der Waals surface area contributed by atoms with E-state index in [1.54, 1.807) is 0 Å². The average molecular weight is 232 g/mol. The molecule has 90 valence electrons. The first-order valence-corrected chi connectivity index (χ1v) is 6.13. The lowest BCUT2D eigenvalue weighted by Crippen LogP contribution is -2.31. The normalized spacial score (nSPS) is 27.3. The van der Waals surface area contributed by atoms with E-state index in [1.165, 1.54) is 0 Å². The molecule has 1 aromatic carbocycles. The lowest BCUT2D eigenvalue weighted by atomic mass is 10.1. The van der Waals surface area contributed by atoms with Gasteiger partial charge in [-0.1, -0.05) is 18.2 Å². The first-order valence-electron chi connectivity index (χ1n) is 6.13. The number of hydrogen-bond acceptors (Lipinski definition) is 3. The van der Waals surface area contributed by atoms with Crippen LogP contribution in [0.4, 0.5) is 0 Å². The lowest BCUT2D eigenvalue weighted by Gasteiger charge is -2.28. The summed E-state index contributed by atoms with van der Waals surface area (Å²) in [7, 11) is 0. The molecular formula is C14H16O3. The Bertz CT molecular complexity index is 408. The van der Waals surface area contributed by atoms with Gasteiger partial charge in [0, 0.05) is 12.2 Å². The second kappa shape index (κ2) is 4.90. The number of hydrogen-bond donors (Lipinski definition) is 0. The van der Waals surface area contributed by atoms with Gasteiger partial charge in [-0.05, 0) is 37.5 Å². The minimum atomic E-state index is -0.326. The van der Waals surface area contributed by atoms with Gasteiger partial charge in [-0.3, -0.25) is 0 Å². The summed E-state index contributed by atoms with van der Waals surface area (Å²) in [6, 6.07) is 7.94. The van der Waals surface area contributed by atoms with Crippen LogP contribution >= 0.6 is 0 Å². The maximum atomic E-state index is 5.76. The highest BCUT2D eigenvalue weighted by molar-refractivity contribution is 5.59. The van der Waals surface area contributed by atoms with Crippen molar-refractivity contribution in [1.82, 2.24) is 0 Å². The van der Waals surface area contributed by atoms with Gasteiger partial charge in [-0.2, -0.15) is 0 Å². The summed E-state index contributed by atoms with van der Waals surface area (Å²) < 4.78 is 17.0. The first-order chi connectivity index (χ1) is 8.42. The predicted octanol–water partition coefficient (Wildman–Crippen LogP) is 2.96. The van der Waals surface area contributed by atoms with Crippen LogP contribution in [0, 0.1) is 0 Å². The van der Waals surface area contributed by atoms with Crippen molar-refractivity contribution < 1.29 is 14.2 Å². The molecule has 3 heteroatoms. The Morgan fingerprint density at radius 3 is 3.00 bits per heavy atom. The third-order valence-corrected chi connectivity index (χ3v) is 3.02. The van der Waals surface area contributed by atoms with Crippen LogP contribution in [-0.2, 0) is 9.47 Å². The van der Waals surface area contributed by atoms with Crippen LogP contribution in [-0.4, -0.2) is 19.2 Å². The first kappa shape index (κ1) is 10.8. The maximum Gasteiger partial charge on any atom is 0.222 e. The zero-order valence-corrected chi connectivity index (χ0v) is 9.67. The molecule has 2 aliphatic rings. The molecule has 3 nitrogen and oxygen atoms in total. The van der Waals surface area contributed by atoms with E-state index in [9.17, 15) is 0 Å². The topological polar surface area (TPSA) is 27.7 Å². The molecule has 1 fully saturated rings. The SMILES string of the molecule is C1=CC(OC2CCCCO2)Oc2ccccc21. The van der Waals surface area contributed by atoms with Crippen molar-refractivity contribution in [2.45, 2.75) is 31.8 Å². The number of rotatable bonds is 2. The number of benzene rings is 1. The van der Waals surface area contributed by atoms with E-state index in [4.69, 9.17) is 14.2 Å². The average Bonchev–Trinajstić information content (AvgIpc) is 2.40. The van der Waals surface area contributed by atoms with Crippen LogP contribution in [0.5, 0.6) is 5.75 Å². The molecule has 0 aromatic heterocycles. The van der Waals surface area contributed by atoms with E-state index in [0.717, 1.165) is 37.2 Å². The van der Waals surface area contributed by atoms with Gasteiger partial charge >= 0.3 is 0 Å². The van der Waals surface area contributed by atoms with Crippen LogP contribution in [0.1, 0.15) is 24.8 Å². The number of ether oxygens (including phenoxy) is 3. The summed E-state index contributed by atoms with van der Waals surface area (Å²) in [5.74, 6) is 0.871. The van der Waals surface area contributed by atoms with Gasteiger partial charge in [0.25, 0.3) is 0 Å². The van der Waals surface area contributed by atoms with Crippen molar-refractivity contribution in [3.05, 3.63) is 35.9 Å². The Balaban J connectivity index is 1.64. The molecule has 2 heterocycles. The minimum absolute atomic E-state index is 0.122. The molecule has 3 rings (SSSR count). The summed E-state index contributed by atoms with van der Waals surface area (Å²) in [6.07, 6.45) is 6.76. The molecule has 0 saturated carbocycles. The second-order valence-electron chi connectivity index (χ2n) is 4.32. The molecule has 0 spiro atoms. The quantitative estimate of drug-likeness (QED) is 0.784. The molecule has 0 bridgehead atoms. The van der Waals surface area contributed by atoms with Gasteiger partial charge < -0.3 is 14.2 Å². The second-order valence-corrected chi connectivity index (χ2v) is 4.32.